The molecule has 4 fully saturated rings. The number of ether oxygens (including phenoxy) is 2. The van der Waals surface area contributed by atoms with E-state index < -0.39 is 47.5 Å². The number of nitriles is 2. The van der Waals surface area contributed by atoms with E-state index in [0.29, 0.717) is 77.0 Å². The van der Waals surface area contributed by atoms with Gasteiger partial charge in [-0.3, -0.25) is 9.97 Å². The molecule has 20 heteroatoms. The highest BCUT2D eigenvalue weighted by molar-refractivity contribution is 5.62. The lowest BCUT2D eigenvalue weighted by molar-refractivity contribution is -0.251. The van der Waals surface area contributed by atoms with Gasteiger partial charge >= 0.3 is 12.4 Å². The van der Waals surface area contributed by atoms with Gasteiger partial charge in [-0.15, -0.1) is 0 Å². The molecular formula is C56H72F6N10O4. The second-order valence-corrected chi connectivity index (χ2v) is 21.8. The average molecular weight is 1060 g/mol. The van der Waals surface area contributed by atoms with E-state index in [4.69, 9.17) is 19.4 Å². The highest BCUT2D eigenvalue weighted by Gasteiger charge is 2.51. The van der Waals surface area contributed by atoms with Crippen molar-refractivity contribution in [3.8, 4) is 34.7 Å². The van der Waals surface area contributed by atoms with E-state index >= 15 is 0 Å². The first-order chi connectivity index (χ1) is 36.2. The first-order valence-electron chi connectivity index (χ1n) is 26.5. The van der Waals surface area contributed by atoms with Gasteiger partial charge in [0.1, 0.15) is 11.6 Å². The molecule has 2 saturated carbocycles. The van der Waals surface area contributed by atoms with Gasteiger partial charge in [-0.05, 0) is 164 Å². The number of anilines is 2. The maximum atomic E-state index is 12.9. The molecule has 4 aromatic heterocycles. The van der Waals surface area contributed by atoms with Crippen LogP contribution in [0.1, 0.15) is 102 Å². The van der Waals surface area contributed by atoms with Crippen LogP contribution in [0.15, 0.2) is 73.1 Å². The number of hydrogen-bond donors (Lipinski definition) is 6. The molecule has 4 aromatic rings. The average Bonchev–Trinajstić information content (AvgIpc) is 3.42. The summed E-state index contributed by atoms with van der Waals surface area (Å²) in [5.41, 5.74) is -0.839. The van der Waals surface area contributed by atoms with Gasteiger partial charge in [0.2, 0.25) is 0 Å². The minimum absolute atomic E-state index is 0.0277. The van der Waals surface area contributed by atoms with Crippen LogP contribution in [-0.4, -0.2) is 118 Å². The summed E-state index contributed by atoms with van der Waals surface area (Å²) in [5.74, 6) is 2.25. The van der Waals surface area contributed by atoms with Crippen molar-refractivity contribution < 1.29 is 46.0 Å². The van der Waals surface area contributed by atoms with Gasteiger partial charge in [0.25, 0.3) is 0 Å². The molecule has 4 aliphatic rings. The van der Waals surface area contributed by atoms with Crippen LogP contribution in [0.2, 0.25) is 0 Å². The number of aromatic nitrogens is 4. The molecule has 2 aliphatic carbocycles. The second kappa shape index (κ2) is 25.8. The van der Waals surface area contributed by atoms with Crippen molar-refractivity contribution in [2.75, 3.05) is 63.2 Å². The molecule has 6 N–H and O–H groups in total. The Bertz CT molecular complexity index is 2380. The van der Waals surface area contributed by atoms with Gasteiger partial charge in [0, 0.05) is 99.6 Å². The number of halogens is 6. The fourth-order valence-electron chi connectivity index (χ4n) is 10.2. The largest absolute Gasteiger partial charge is 0.418 e. The van der Waals surface area contributed by atoms with E-state index in [2.05, 4.69) is 43.4 Å². The van der Waals surface area contributed by atoms with Crippen LogP contribution in [0.4, 0.5) is 38.0 Å². The van der Waals surface area contributed by atoms with Crippen LogP contribution < -0.4 is 21.3 Å². The Morgan fingerprint density at radius 3 is 1.29 bits per heavy atom. The van der Waals surface area contributed by atoms with E-state index in [1.54, 1.807) is 12.4 Å². The number of nitrogens with zero attached hydrogens (tertiary/aromatic N) is 6. The minimum atomic E-state index is -4.65. The lowest BCUT2D eigenvalue weighted by Crippen LogP contribution is -2.52. The Hall–Kier alpha value is -5.48. The summed E-state index contributed by atoms with van der Waals surface area (Å²) < 4.78 is 88.2. The fourth-order valence-corrected chi connectivity index (χ4v) is 10.2. The van der Waals surface area contributed by atoms with Gasteiger partial charge < -0.3 is 41.0 Å². The third-order valence-electron chi connectivity index (χ3n) is 15.7. The molecule has 412 valence electrons. The molecule has 0 amide bonds. The first-order valence-corrected chi connectivity index (χ1v) is 26.5. The summed E-state index contributed by atoms with van der Waals surface area (Å²) in [7, 11) is 0. The number of pyridine rings is 4. The molecule has 0 radical (unpaired) electrons. The third-order valence-corrected chi connectivity index (χ3v) is 15.7. The van der Waals surface area contributed by atoms with E-state index in [1.165, 1.54) is 0 Å². The normalized spacial score (nSPS) is 23.3. The van der Waals surface area contributed by atoms with Gasteiger partial charge in [-0.2, -0.15) is 36.9 Å². The molecule has 6 heterocycles. The van der Waals surface area contributed by atoms with Crippen molar-refractivity contribution in [2.24, 2.45) is 22.7 Å². The summed E-state index contributed by atoms with van der Waals surface area (Å²) in [6, 6.07) is 24.4. The van der Waals surface area contributed by atoms with Gasteiger partial charge in [0.05, 0.1) is 34.4 Å². The summed E-state index contributed by atoms with van der Waals surface area (Å²) in [6.07, 6.45) is 5.31. The Morgan fingerprint density at radius 2 is 0.947 bits per heavy atom. The predicted octanol–water partition coefficient (Wildman–Crippen LogP) is 9.76. The summed E-state index contributed by atoms with van der Waals surface area (Å²) in [6.45, 7) is 4.06. The zero-order valence-corrected chi connectivity index (χ0v) is 43.5. The highest BCUT2D eigenvalue weighted by Crippen LogP contribution is 2.36. The Labute approximate surface area is 441 Å². The van der Waals surface area contributed by atoms with Crippen LogP contribution in [0.5, 0.6) is 0 Å². The SMILES string of the molecule is C[C@@](O)(CNC1CCC(Cc2cc(-c3cccc(NCC4(C#N)CCOCC4)n3)ccn2)CC1)C(F)(F)F.C[C@](O)(CNC1CCC(Cc2cc(-c3cccc(NCC4(C#N)CCOCC4)n3)ccn2)CC1)C(F)(F)F. The lowest BCUT2D eigenvalue weighted by Gasteiger charge is -2.33. The van der Waals surface area contributed by atoms with Gasteiger partial charge in [-0.1, -0.05) is 12.1 Å². The molecular weight excluding hydrogens is 991 g/mol. The maximum absolute atomic E-state index is 12.9. The van der Waals surface area contributed by atoms with Crippen LogP contribution in [0, 0.1) is 45.3 Å². The molecule has 8 rings (SSSR count). The van der Waals surface area contributed by atoms with Crippen LogP contribution in [0.25, 0.3) is 22.5 Å². The molecule has 2 saturated heterocycles. The van der Waals surface area contributed by atoms with Crippen molar-refractivity contribution in [1.29, 1.82) is 10.5 Å². The molecule has 2 aliphatic heterocycles. The van der Waals surface area contributed by atoms with Crippen molar-refractivity contribution in [3.05, 3.63) is 84.4 Å². The molecule has 0 unspecified atom stereocenters. The Kier molecular flexibility index (Phi) is 19.7. The number of nitrogens with one attached hydrogen (secondary N) is 4. The first kappa shape index (κ1) is 58.2. The second-order valence-electron chi connectivity index (χ2n) is 21.8. The highest BCUT2D eigenvalue weighted by atomic mass is 19.4. The molecule has 0 spiro atoms. The maximum Gasteiger partial charge on any atom is 0.418 e. The molecule has 76 heavy (non-hydrogen) atoms. The fraction of sp³-hybridized carbons (Fsp3) is 0.607. The van der Waals surface area contributed by atoms with Crippen LogP contribution >= 0.6 is 0 Å². The molecule has 0 aromatic carbocycles. The van der Waals surface area contributed by atoms with Crippen molar-refractivity contribution in [1.82, 2.24) is 30.6 Å². The summed E-state index contributed by atoms with van der Waals surface area (Å²) in [5, 5.41) is 51.2. The zero-order valence-electron chi connectivity index (χ0n) is 43.5. The summed E-state index contributed by atoms with van der Waals surface area (Å²) >= 11 is 0. The molecule has 0 bridgehead atoms. The van der Waals surface area contributed by atoms with Crippen molar-refractivity contribution >= 4 is 11.6 Å². The Morgan fingerprint density at radius 1 is 0.579 bits per heavy atom. The topological polar surface area (TPSA) is 206 Å². The van der Waals surface area contributed by atoms with Crippen molar-refractivity contribution in [2.45, 2.75) is 139 Å². The summed E-state index contributed by atoms with van der Waals surface area (Å²) in [4.78, 5) is 18.6. The van der Waals surface area contributed by atoms with Crippen LogP contribution in [-0.2, 0) is 22.3 Å². The zero-order chi connectivity index (χ0) is 54.5. The molecule has 2 atom stereocenters. The van der Waals surface area contributed by atoms with E-state index in [1.807, 2.05) is 60.7 Å². The lowest BCUT2D eigenvalue weighted by atomic mass is 9.82. The number of hydrogen-bond acceptors (Lipinski definition) is 14. The molecule has 14 nitrogen and oxygen atoms in total. The van der Waals surface area contributed by atoms with Gasteiger partial charge in [0.15, 0.2) is 11.2 Å². The van der Waals surface area contributed by atoms with Gasteiger partial charge in [-0.25, -0.2) is 9.97 Å². The van der Waals surface area contributed by atoms with E-state index in [-0.39, 0.29) is 12.1 Å². The third kappa shape index (κ3) is 16.3. The number of aliphatic hydroxyl groups is 2. The number of alkyl halides is 6. The van der Waals surface area contributed by atoms with Crippen molar-refractivity contribution in [3.63, 3.8) is 0 Å². The van der Waals surface area contributed by atoms with Crippen LogP contribution in [0.3, 0.4) is 0 Å². The Balaban J connectivity index is 0.000000221. The predicted molar refractivity (Wildman–Crippen MR) is 276 cm³/mol. The van der Waals surface area contributed by atoms with E-state index in [0.717, 1.165) is 124 Å². The standard InChI is InChI=1S/2C28H36F3N5O2/c2*1-26(37,28(29,30)31)18-34-22-7-5-20(6-8-22)15-23-16-21(9-12-33-23)24-3-2-4-25(36-24)35-19-27(17-32)10-13-38-14-11-27/h2*2-4,9,12,16,20,22,34,37H,5-8,10-11,13-15,18-19H2,1H3,(H,35,36)/t2*20?,22?,26-/m10/s1. The quantitative estimate of drug-likeness (QED) is 0.0514. The minimum Gasteiger partial charge on any atom is -0.381 e. The van der Waals surface area contributed by atoms with E-state index in [9.17, 15) is 47.1 Å². The smallest absolute Gasteiger partial charge is 0.381 e. The monoisotopic (exact) mass is 1060 g/mol. The number of rotatable bonds is 18.